The number of rotatable bonds is 13. The summed E-state index contributed by atoms with van der Waals surface area (Å²) in [5.74, 6) is 1.01. The molecule has 2 heterocycles. The molecule has 0 fully saturated rings. The monoisotopic (exact) mass is 443 g/mol. The van der Waals surface area contributed by atoms with Crippen molar-refractivity contribution in [3.8, 4) is 11.5 Å². The molecule has 0 saturated carbocycles. The number of likely N-dealkylation sites (N-methyl/N-ethyl adjacent to an activating group) is 2. The lowest BCUT2D eigenvalue weighted by Gasteiger charge is -2.15. The number of aromatic amines is 2. The topological polar surface area (TPSA) is 126 Å². The number of methoxy groups -OCH3 is 1. The summed E-state index contributed by atoms with van der Waals surface area (Å²) in [4.78, 5) is 23.9. The molecule has 3 rings (SSSR count). The molecule has 10 nitrogen and oxygen atoms in total. The SMILES string of the molecule is CNCCN(C)Cc1c[nH]c2[nH+]cnc(Nc3ccc(OC)c(OCCCC(=O)O)c3)c12. The zero-order valence-electron chi connectivity index (χ0n) is 18.7. The smallest absolute Gasteiger partial charge is 0.303 e. The summed E-state index contributed by atoms with van der Waals surface area (Å²) < 4.78 is 11.1. The van der Waals surface area contributed by atoms with Gasteiger partial charge in [-0.15, -0.1) is 0 Å². The Hall–Kier alpha value is -3.37. The van der Waals surface area contributed by atoms with E-state index < -0.39 is 5.97 Å². The summed E-state index contributed by atoms with van der Waals surface area (Å²) in [6.45, 7) is 2.90. The van der Waals surface area contributed by atoms with Crippen LogP contribution in [0.2, 0.25) is 0 Å². The summed E-state index contributed by atoms with van der Waals surface area (Å²) in [7, 11) is 5.60. The first-order valence-electron chi connectivity index (χ1n) is 10.5. The molecule has 0 aliphatic rings. The van der Waals surface area contributed by atoms with Gasteiger partial charge in [0.1, 0.15) is 5.39 Å². The summed E-state index contributed by atoms with van der Waals surface area (Å²) in [5, 5.41) is 16.3. The number of carboxylic acids is 1. The van der Waals surface area contributed by atoms with Gasteiger partial charge in [0.25, 0.3) is 0 Å². The van der Waals surface area contributed by atoms with E-state index in [9.17, 15) is 4.79 Å². The second-order valence-electron chi connectivity index (χ2n) is 7.49. The summed E-state index contributed by atoms with van der Waals surface area (Å²) in [6, 6.07) is 5.53. The Bertz CT molecular complexity index is 1040. The highest BCUT2D eigenvalue weighted by Gasteiger charge is 2.18. The number of nitrogens with zero attached hydrogens (tertiary/aromatic N) is 2. The highest BCUT2D eigenvalue weighted by Crippen LogP contribution is 2.33. The van der Waals surface area contributed by atoms with Crippen LogP contribution in [0, 0.1) is 0 Å². The summed E-state index contributed by atoms with van der Waals surface area (Å²) in [5.41, 5.74) is 2.80. The number of aromatic nitrogens is 3. The van der Waals surface area contributed by atoms with E-state index in [1.54, 1.807) is 13.4 Å². The molecule has 0 aliphatic carbocycles. The van der Waals surface area contributed by atoms with E-state index in [-0.39, 0.29) is 13.0 Å². The molecule has 0 bridgehead atoms. The Morgan fingerprint density at radius 3 is 2.94 bits per heavy atom. The van der Waals surface area contributed by atoms with Crippen molar-refractivity contribution in [2.24, 2.45) is 0 Å². The van der Waals surface area contributed by atoms with Crippen molar-refractivity contribution < 1.29 is 24.4 Å². The van der Waals surface area contributed by atoms with Crippen LogP contribution in [0.1, 0.15) is 18.4 Å². The number of ether oxygens (including phenoxy) is 2. The van der Waals surface area contributed by atoms with Crippen LogP contribution in [-0.4, -0.2) is 66.8 Å². The number of benzene rings is 1. The molecule has 0 saturated heterocycles. The van der Waals surface area contributed by atoms with Gasteiger partial charge >= 0.3 is 5.97 Å². The quantitative estimate of drug-likeness (QED) is 0.296. The average molecular weight is 444 g/mol. The maximum atomic E-state index is 10.7. The minimum Gasteiger partial charge on any atom is -0.493 e. The van der Waals surface area contributed by atoms with Crippen molar-refractivity contribution in [2.75, 3.05) is 46.2 Å². The van der Waals surface area contributed by atoms with Crippen molar-refractivity contribution in [2.45, 2.75) is 19.4 Å². The lowest BCUT2D eigenvalue weighted by Crippen LogP contribution is -2.26. The molecular weight excluding hydrogens is 412 g/mol. The van der Waals surface area contributed by atoms with Gasteiger partial charge in [-0.25, -0.2) is 4.98 Å². The Balaban J connectivity index is 1.80. The number of carboxylic acid groups (broad SMARTS) is 1. The molecular formula is C22H31N6O4+. The maximum Gasteiger partial charge on any atom is 0.303 e. The number of aliphatic carboxylic acids is 1. The van der Waals surface area contributed by atoms with E-state index in [0.717, 1.165) is 47.7 Å². The number of hydrogen-bond donors (Lipinski definition) is 4. The minimum absolute atomic E-state index is 0.0572. The van der Waals surface area contributed by atoms with Gasteiger partial charge in [-0.1, -0.05) is 4.98 Å². The van der Waals surface area contributed by atoms with Gasteiger partial charge in [0, 0.05) is 43.4 Å². The number of H-pyrrole nitrogens is 2. The van der Waals surface area contributed by atoms with Gasteiger partial charge in [-0.3, -0.25) is 9.78 Å². The summed E-state index contributed by atoms with van der Waals surface area (Å²) >= 11 is 0. The van der Waals surface area contributed by atoms with Crippen molar-refractivity contribution >= 4 is 28.5 Å². The molecule has 32 heavy (non-hydrogen) atoms. The van der Waals surface area contributed by atoms with Crippen LogP contribution in [0.15, 0.2) is 30.7 Å². The normalized spacial score (nSPS) is 11.1. The molecule has 0 spiro atoms. The highest BCUT2D eigenvalue weighted by molar-refractivity contribution is 5.90. The largest absolute Gasteiger partial charge is 0.493 e. The fourth-order valence-corrected chi connectivity index (χ4v) is 3.38. The van der Waals surface area contributed by atoms with Crippen molar-refractivity contribution in [3.63, 3.8) is 0 Å². The van der Waals surface area contributed by atoms with Crippen LogP contribution in [0.4, 0.5) is 11.5 Å². The van der Waals surface area contributed by atoms with Crippen molar-refractivity contribution in [1.29, 1.82) is 0 Å². The first-order valence-corrected chi connectivity index (χ1v) is 10.5. The van der Waals surface area contributed by atoms with E-state index in [2.05, 4.69) is 37.5 Å². The van der Waals surface area contributed by atoms with Gasteiger partial charge in [0.05, 0.1) is 19.9 Å². The van der Waals surface area contributed by atoms with Gasteiger partial charge in [-0.05, 0) is 32.6 Å². The Kier molecular flexibility index (Phi) is 8.23. The second-order valence-corrected chi connectivity index (χ2v) is 7.49. The number of nitrogens with one attached hydrogen (secondary N) is 4. The fourth-order valence-electron chi connectivity index (χ4n) is 3.38. The molecule has 2 aromatic heterocycles. The zero-order valence-corrected chi connectivity index (χ0v) is 18.7. The maximum absolute atomic E-state index is 10.7. The molecule has 0 radical (unpaired) electrons. The van der Waals surface area contributed by atoms with Gasteiger partial charge in [-0.2, -0.15) is 0 Å². The van der Waals surface area contributed by atoms with Gasteiger partial charge in [0.15, 0.2) is 11.5 Å². The first-order chi connectivity index (χ1) is 15.5. The minimum atomic E-state index is -0.842. The standard InChI is InChI=1S/C22H30N6O4/c1-23-8-9-28(2)13-15-12-24-21-20(15)22(26-14-25-21)27-16-6-7-17(31-3)18(11-16)32-10-4-5-19(29)30/h6-7,11-12,14,23H,4-5,8-10,13H2,1-3H3,(H,29,30)(H2,24,25,26,27)/p+1. The predicted molar refractivity (Wildman–Crippen MR) is 122 cm³/mol. The molecule has 3 aromatic rings. The van der Waals surface area contributed by atoms with E-state index >= 15 is 0 Å². The van der Waals surface area contributed by atoms with Crippen LogP contribution in [0.5, 0.6) is 11.5 Å². The third-order valence-electron chi connectivity index (χ3n) is 5.00. The lowest BCUT2D eigenvalue weighted by atomic mass is 10.2. The van der Waals surface area contributed by atoms with E-state index in [1.807, 2.05) is 31.4 Å². The van der Waals surface area contributed by atoms with E-state index in [4.69, 9.17) is 14.6 Å². The van der Waals surface area contributed by atoms with E-state index in [1.165, 1.54) is 0 Å². The molecule has 0 atom stereocenters. The number of anilines is 2. The molecule has 0 aliphatic heterocycles. The molecule has 10 heteroatoms. The molecule has 5 N–H and O–H groups in total. The van der Waals surface area contributed by atoms with Crippen molar-refractivity contribution in [3.05, 3.63) is 36.3 Å². The molecule has 0 amide bonds. The highest BCUT2D eigenvalue weighted by atomic mass is 16.5. The van der Waals surface area contributed by atoms with Crippen LogP contribution >= 0.6 is 0 Å². The third kappa shape index (κ3) is 6.08. The third-order valence-corrected chi connectivity index (χ3v) is 5.00. The lowest BCUT2D eigenvalue weighted by molar-refractivity contribution is -0.352. The van der Waals surface area contributed by atoms with Crippen LogP contribution in [0.3, 0.4) is 0 Å². The summed E-state index contributed by atoms with van der Waals surface area (Å²) in [6.07, 6.45) is 4.11. The first kappa shape index (κ1) is 23.3. The number of carbonyl (C=O) groups is 1. The number of hydrogen-bond acceptors (Lipinski definition) is 7. The molecule has 172 valence electrons. The van der Waals surface area contributed by atoms with Crippen LogP contribution in [0.25, 0.3) is 11.0 Å². The van der Waals surface area contributed by atoms with E-state index in [0.29, 0.717) is 17.9 Å². The van der Waals surface area contributed by atoms with Crippen LogP contribution < -0.4 is 25.1 Å². The molecule has 0 unspecified atom stereocenters. The Morgan fingerprint density at radius 1 is 1.34 bits per heavy atom. The van der Waals surface area contributed by atoms with Gasteiger partial charge < -0.3 is 30.1 Å². The number of fused-ring (bicyclic) bond motifs is 1. The zero-order chi connectivity index (χ0) is 22.9. The van der Waals surface area contributed by atoms with Crippen molar-refractivity contribution in [1.82, 2.24) is 20.2 Å². The second kappa shape index (κ2) is 11.3. The van der Waals surface area contributed by atoms with Gasteiger partial charge in [0.2, 0.25) is 17.8 Å². The average Bonchev–Trinajstić information content (AvgIpc) is 3.19. The fraction of sp³-hybridized carbons (Fsp3) is 0.409. The molecule has 1 aromatic carbocycles. The Labute approximate surface area is 187 Å². The van der Waals surface area contributed by atoms with Crippen LogP contribution in [-0.2, 0) is 11.3 Å². The Morgan fingerprint density at radius 2 is 2.19 bits per heavy atom. The predicted octanol–water partition coefficient (Wildman–Crippen LogP) is 2.02.